The van der Waals surface area contributed by atoms with Crippen LogP contribution in [0.4, 0.5) is 14.5 Å². The van der Waals surface area contributed by atoms with E-state index >= 15 is 0 Å². The fourth-order valence-corrected chi connectivity index (χ4v) is 2.21. The molecule has 0 radical (unpaired) electrons. The predicted molar refractivity (Wildman–Crippen MR) is 74.8 cm³/mol. The molecule has 0 bridgehead atoms. The molecule has 21 heavy (non-hydrogen) atoms. The van der Waals surface area contributed by atoms with Crippen LogP contribution in [-0.4, -0.2) is 23.2 Å². The maximum atomic E-state index is 13.6. The number of nitrogens with one attached hydrogen (secondary N) is 1. The van der Waals surface area contributed by atoms with Crippen molar-refractivity contribution in [3.8, 4) is 0 Å². The highest BCUT2D eigenvalue weighted by atomic mass is 19.1. The normalized spacial score (nSPS) is 12.4. The minimum absolute atomic E-state index is 0.0577. The van der Waals surface area contributed by atoms with Crippen LogP contribution in [0, 0.1) is 27.7 Å². The quantitative estimate of drug-likeness (QED) is 0.543. The molecule has 0 aromatic heterocycles. The van der Waals surface area contributed by atoms with E-state index in [4.69, 9.17) is 5.11 Å². The summed E-state index contributed by atoms with van der Waals surface area (Å²) in [6.07, 6.45) is 2.55. The summed E-state index contributed by atoms with van der Waals surface area (Å²) in [5.41, 5.74) is -0.670. The second kappa shape index (κ2) is 8.63. The molecule has 0 saturated carbocycles. The third-order valence-corrected chi connectivity index (χ3v) is 3.30. The zero-order valence-corrected chi connectivity index (χ0v) is 11.9. The molecule has 1 unspecified atom stereocenters. The van der Waals surface area contributed by atoms with Crippen molar-refractivity contribution in [2.24, 2.45) is 5.92 Å². The third-order valence-electron chi connectivity index (χ3n) is 3.30. The molecule has 118 valence electrons. The third kappa shape index (κ3) is 5.35. The monoisotopic (exact) mass is 302 g/mol. The molecular formula is C14H20F2N2O3. The Hall–Kier alpha value is -1.60. The van der Waals surface area contributed by atoms with Crippen LogP contribution in [0.2, 0.25) is 0 Å². The Balaban J connectivity index is 2.66. The Kier molecular flexibility index (Phi) is 7.18. The van der Waals surface area contributed by atoms with Gasteiger partial charge in [-0.1, -0.05) is 13.3 Å². The molecular weight excluding hydrogens is 282 g/mol. The number of hydrogen-bond acceptors (Lipinski definition) is 4. The first-order chi connectivity index (χ1) is 9.99. The van der Waals surface area contributed by atoms with Crippen LogP contribution in [0.1, 0.15) is 31.7 Å². The first-order valence-electron chi connectivity index (χ1n) is 6.93. The lowest BCUT2D eigenvalue weighted by molar-refractivity contribution is -0.387. The fourth-order valence-electron chi connectivity index (χ4n) is 2.21. The zero-order chi connectivity index (χ0) is 15.8. The largest absolute Gasteiger partial charge is 0.396 e. The maximum Gasteiger partial charge on any atom is 0.305 e. The second-order valence-corrected chi connectivity index (χ2v) is 4.95. The minimum atomic E-state index is -1.18. The van der Waals surface area contributed by atoms with E-state index in [0.29, 0.717) is 19.0 Å². The van der Waals surface area contributed by atoms with Crippen LogP contribution in [0.15, 0.2) is 12.1 Å². The molecule has 0 amide bonds. The van der Waals surface area contributed by atoms with Gasteiger partial charge in [0.25, 0.3) is 0 Å². The van der Waals surface area contributed by atoms with Crippen molar-refractivity contribution in [1.29, 1.82) is 0 Å². The molecule has 1 aromatic rings. The Labute approximate surface area is 122 Å². The van der Waals surface area contributed by atoms with E-state index in [1.165, 1.54) is 0 Å². The van der Waals surface area contributed by atoms with Gasteiger partial charge in [-0.3, -0.25) is 10.1 Å². The van der Waals surface area contributed by atoms with Crippen molar-refractivity contribution in [2.75, 3.05) is 13.2 Å². The highest BCUT2D eigenvalue weighted by Crippen LogP contribution is 2.21. The molecule has 0 aliphatic rings. The van der Waals surface area contributed by atoms with Gasteiger partial charge in [0.2, 0.25) is 5.82 Å². The number of halogens is 2. The fraction of sp³-hybridized carbons (Fsp3) is 0.571. The standard InChI is InChI=1S/C14H20F2N2O3/c1-2-3-10(4-5-19)8-17-9-11-6-14(18(20)21)13(16)7-12(11)15/h6-7,10,17,19H,2-5,8-9H2,1H3. The van der Waals surface area contributed by atoms with E-state index in [1.54, 1.807) is 0 Å². The Morgan fingerprint density at radius 1 is 1.33 bits per heavy atom. The molecule has 0 spiro atoms. The van der Waals surface area contributed by atoms with Crippen molar-refractivity contribution in [2.45, 2.75) is 32.7 Å². The zero-order valence-electron chi connectivity index (χ0n) is 11.9. The van der Waals surface area contributed by atoms with E-state index in [9.17, 15) is 18.9 Å². The van der Waals surface area contributed by atoms with E-state index < -0.39 is 22.2 Å². The molecule has 5 nitrogen and oxygen atoms in total. The lowest BCUT2D eigenvalue weighted by Crippen LogP contribution is -2.24. The highest BCUT2D eigenvalue weighted by molar-refractivity contribution is 5.37. The molecule has 1 aromatic carbocycles. The summed E-state index contributed by atoms with van der Waals surface area (Å²) in [6.45, 7) is 2.77. The van der Waals surface area contributed by atoms with E-state index in [0.717, 1.165) is 18.9 Å². The Morgan fingerprint density at radius 3 is 2.62 bits per heavy atom. The van der Waals surface area contributed by atoms with Crippen molar-refractivity contribution in [1.82, 2.24) is 5.32 Å². The van der Waals surface area contributed by atoms with Gasteiger partial charge in [-0.25, -0.2) is 4.39 Å². The van der Waals surface area contributed by atoms with Gasteiger partial charge in [0, 0.05) is 30.8 Å². The number of nitro groups is 1. The van der Waals surface area contributed by atoms with E-state index in [1.807, 2.05) is 6.92 Å². The first-order valence-corrected chi connectivity index (χ1v) is 6.93. The van der Waals surface area contributed by atoms with Crippen LogP contribution in [0.25, 0.3) is 0 Å². The molecule has 0 fully saturated rings. The molecule has 0 heterocycles. The number of nitro benzene ring substituents is 1. The molecule has 1 rings (SSSR count). The van der Waals surface area contributed by atoms with E-state index in [2.05, 4.69) is 5.32 Å². The maximum absolute atomic E-state index is 13.6. The molecule has 7 heteroatoms. The molecule has 0 aliphatic carbocycles. The summed E-state index contributed by atoms with van der Waals surface area (Å²) in [6, 6.07) is 1.45. The molecule has 0 aliphatic heterocycles. The lowest BCUT2D eigenvalue weighted by atomic mass is 10.00. The summed E-state index contributed by atoms with van der Waals surface area (Å²) in [7, 11) is 0. The van der Waals surface area contributed by atoms with Gasteiger partial charge in [-0.15, -0.1) is 0 Å². The van der Waals surface area contributed by atoms with Crippen LogP contribution >= 0.6 is 0 Å². The van der Waals surface area contributed by atoms with Gasteiger partial charge in [0.15, 0.2) is 0 Å². The van der Waals surface area contributed by atoms with Crippen molar-refractivity contribution < 1.29 is 18.8 Å². The van der Waals surface area contributed by atoms with Crippen molar-refractivity contribution >= 4 is 5.69 Å². The van der Waals surface area contributed by atoms with Crippen molar-refractivity contribution in [3.05, 3.63) is 39.4 Å². The number of aliphatic hydroxyl groups is 1. The first kappa shape index (κ1) is 17.5. The molecule has 2 N–H and O–H groups in total. The van der Waals surface area contributed by atoms with Crippen LogP contribution < -0.4 is 5.32 Å². The van der Waals surface area contributed by atoms with Crippen LogP contribution in [0.3, 0.4) is 0 Å². The Bertz CT molecular complexity index is 478. The minimum Gasteiger partial charge on any atom is -0.396 e. The van der Waals surface area contributed by atoms with Gasteiger partial charge in [-0.2, -0.15) is 4.39 Å². The summed E-state index contributed by atoms with van der Waals surface area (Å²) < 4.78 is 26.8. The highest BCUT2D eigenvalue weighted by Gasteiger charge is 2.18. The summed E-state index contributed by atoms with van der Waals surface area (Å²) in [4.78, 5) is 9.76. The van der Waals surface area contributed by atoms with Crippen LogP contribution in [0.5, 0.6) is 0 Å². The topological polar surface area (TPSA) is 75.4 Å². The Morgan fingerprint density at radius 2 is 2.05 bits per heavy atom. The number of rotatable bonds is 9. The average molecular weight is 302 g/mol. The summed E-state index contributed by atoms with van der Waals surface area (Å²) in [5.74, 6) is -1.72. The van der Waals surface area contributed by atoms with Gasteiger partial charge in [-0.05, 0) is 25.3 Å². The number of aliphatic hydroxyl groups excluding tert-OH is 1. The summed E-state index contributed by atoms with van der Waals surface area (Å²) >= 11 is 0. The second-order valence-electron chi connectivity index (χ2n) is 4.95. The van der Waals surface area contributed by atoms with E-state index in [-0.39, 0.29) is 24.6 Å². The smallest absolute Gasteiger partial charge is 0.305 e. The average Bonchev–Trinajstić information content (AvgIpc) is 2.41. The lowest BCUT2D eigenvalue weighted by Gasteiger charge is -2.15. The van der Waals surface area contributed by atoms with Gasteiger partial charge in [0.05, 0.1) is 4.92 Å². The summed E-state index contributed by atoms with van der Waals surface area (Å²) in [5, 5.41) is 22.6. The van der Waals surface area contributed by atoms with Crippen LogP contribution in [-0.2, 0) is 6.54 Å². The van der Waals surface area contributed by atoms with Gasteiger partial charge in [0.1, 0.15) is 5.82 Å². The van der Waals surface area contributed by atoms with Gasteiger partial charge >= 0.3 is 5.69 Å². The van der Waals surface area contributed by atoms with Gasteiger partial charge < -0.3 is 10.4 Å². The number of hydrogen-bond donors (Lipinski definition) is 2. The predicted octanol–water partition coefficient (Wildman–Crippen LogP) is 2.76. The van der Waals surface area contributed by atoms with Crippen molar-refractivity contribution in [3.63, 3.8) is 0 Å². The number of benzene rings is 1. The molecule has 1 atom stereocenters. The number of nitrogens with zero attached hydrogens (tertiary/aromatic N) is 1. The SMILES string of the molecule is CCCC(CCO)CNCc1cc([N+](=O)[O-])c(F)cc1F. The molecule has 0 saturated heterocycles.